The van der Waals surface area contributed by atoms with Crippen LogP contribution in [0.1, 0.15) is 25.6 Å². The quantitative estimate of drug-likeness (QED) is 0.274. The number of nitrogens with zero attached hydrogens (tertiary/aromatic N) is 3. The lowest BCUT2D eigenvalue weighted by Gasteiger charge is -2.40. The minimum Gasteiger partial charge on any atom is -0.494 e. The Kier molecular flexibility index (Phi) is 5.72. The molecule has 0 saturated carbocycles. The van der Waals surface area contributed by atoms with E-state index >= 15 is 0 Å². The molecule has 0 N–H and O–H groups in total. The van der Waals surface area contributed by atoms with E-state index in [0.717, 1.165) is 42.6 Å². The van der Waals surface area contributed by atoms with Gasteiger partial charge in [-0.15, -0.1) is 0 Å². The fourth-order valence-corrected chi connectivity index (χ4v) is 4.88. The standard InChI is InChI=1S/C23H26F5N3O2S/c1-16-10-12-30(15-16)11-3-13-33-19-6-4-18(5-7-19)31-17(2)29-22-9-8-20(14-21(22)23(31)32)34(24,25,26,27)28/h4-9,14,16H,3,10-13,15H2,1-2H3. The van der Waals surface area contributed by atoms with E-state index in [4.69, 9.17) is 4.74 Å². The molecule has 0 aliphatic carbocycles. The zero-order valence-electron chi connectivity index (χ0n) is 18.8. The molecule has 186 valence electrons. The van der Waals surface area contributed by atoms with E-state index in [0.29, 0.717) is 18.0 Å². The lowest BCUT2D eigenvalue weighted by molar-refractivity contribution is 0.259. The molecule has 1 saturated heterocycles. The van der Waals surface area contributed by atoms with Gasteiger partial charge in [0.2, 0.25) is 0 Å². The lowest BCUT2D eigenvalue weighted by atomic mass is 10.2. The maximum Gasteiger partial charge on any atom is 0.310 e. The van der Waals surface area contributed by atoms with Crippen molar-refractivity contribution in [3.63, 3.8) is 0 Å². The van der Waals surface area contributed by atoms with Gasteiger partial charge < -0.3 is 9.64 Å². The second-order valence-electron chi connectivity index (χ2n) is 8.84. The fourth-order valence-electron chi connectivity index (χ4n) is 4.22. The number of likely N-dealkylation sites (tertiary alicyclic amines) is 1. The Morgan fingerprint density at radius 1 is 1.09 bits per heavy atom. The number of halogens is 5. The molecule has 1 aliphatic rings. The van der Waals surface area contributed by atoms with Gasteiger partial charge in [0, 0.05) is 13.1 Å². The number of hydrogen-bond donors (Lipinski definition) is 0. The molecule has 1 aromatic heterocycles. The first kappa shape index (κ1) is 24.5. The third-order valence-electron chi connectivity index (χ3n) is 5.94. The number of rotatable bonds is 7. The van der Waals surface area contributed by atoms with Gasteiger partial charge in [0.1, 0.15) is 16.5 Å². The molecule has 0 bridgehead atoms. The number of aromatic nitrogens is 2. The van der Waals surface area contributed by atoms with E-state index in [1.165, 1.54) is 13.3 Å². The van der Waals surface area contributed by atoms with Gasteiger partial charge in [0.15, 0.2) is 0 Å². The van der Waals surface area contributed by atoms with E-state index in [9.17, 15) is 24.2 Å². The predicted molar refractivity (Wildman–Crippen MR) is 124 cm³/mol. The van der Waals surface area contributed by atoms with E-state index in [2.05, 4.69) is 16.8 Å². The Balaban J connectivity index is 1.54. The van der Waals surface area contributed by atoms with E-state index < -0.39 is 26.1 Å². The molecule has 1 aliphatic heterocycles. The summed E-state index contributed by atoms with van der Waals surface area (Å²) in [5.41, 5.74) is -0.607. The highest BCUT2D eigenvalue weighted by atomic mass is 32.5. The monoisotopic (exact) mass is 503 g/mol. The highest BCUT2D eigenvalue weighted by Crippen LogP contribution is 3.02. The van der Waals surface area contributed by atoms with Crippen molar-refractivity contribution in [1.29, 1.82) is 0 Å². The van der Waals surface area contributed by atoms with Crippen LogP contribution in [-0.2, 0) is 0 Å². The zero-order chi connectivity index (χ0) is 24.8. The summed E-state index contributed by atoms with van der Waals surface area (Å²) >= 11 is 0. The maximum absolute atomic E-state index is 13.2. The largest absolute Gasteiger partial charge is 0.494 e. The van der Waals surface area contributed by atoms with E-state index in [1.807, 2.05) is 0 Å². The van der Waals surface area contributed by atoms with Crippen molar-refractivity contribution in [3.05, 3.63) is 58.6 Å². The topological polar surface area (TPSA) is 47.4 Å². The Morgan fingerprint density at radius 3 is 2.41 bits per heavy atom. The smallest absolute Gasteiger partial charge is 0.310 e. The van der Waals surface area contributed by atoms with Crippen LogP contribution in [0.2, 0.25) is 0 Å². The minimum atomic E-state index is -9.93. The Hall–Kier alpha value is -2.66. The molecular weight excluding hydrogens is 477 g/mol. The van der Waals surface area contributed by atoms with Crippen molar-refractivity contribution < 1.29 is 24.2 Å². The summed E-state index contributed by atoms with van der Waals surface area (Å²) in [4.78, 5) is 17.4. The molecule has 0 radical (unpaired) electrons. The normalized spacial score (nSPS) is 19.2. The molecule has 1 fully saturated rings. The van der Waals surface area contributed by atoms with E-state index in [1.54, 1.807) is 24.3 Å². The molecule has 0 spiro atoms. The molecular formula is C23H26F5N3O2S. The van der Waals surface area contributed by atoms with Crippen molar-refractivity contribution in [1.82, 2.24) is 14.5 Å². The van der Waals surface area contributed by atoms with Gasteiger partial charge in [-0.25, -0.2) is 4.98 Å². The lowest BCUT2D eigenvalue weighted by Crippen LogP contribution is -2.23. The zero-order valence-corrected chi connectivity index (χ0v) is 19.6. The van der Waals surface area contributed by atoms with Gasteiger partial charge in [0.05, 0.1) is 23.2 Å². The first-order chi connectivity index (χ1) is 15.7. The Bertz CT molecular complexity index is 1280. The summed E-state index contributed by atoms with van der Waals surface area (Å²) in [6.45, 7) is 7.45. The number of aryl methyl sites for hydroxylation is 1. The molecule has 11 heteroatoms. The third kappa shape index (κ3) is 5.35. The molecule has 2 heterocycles. The highest BCUT2D eigenvalue weighted by Gasteiger charge is 2.65. The average molecular weight is 504 g/mol. The van der Waals surface area contributed by atoms with Crippen LogP contribution >= 0.6 is 10.2 Å². The van der Waals surface area contributed by atoms with Crippen LogP contribution in [0.5, 0.6) is 5.75 Å². The van der Waals surface area contributed by atoms with Crippen LogP contribution in [0.25, 0.3) is 16.6 Å². The minimum absolute atomic E-state index is 0.0864. The molecule has 34 heavy (non-hydrogen) atoms. The average Bonchev–Trinajstić information content (AvgIpc) is 3.15. The van der Waals surface area contributed by atoms with Crippen molar-refractivity contribution >= 4 is 21.1 Å². The molecule has 5 nitrogen and oxygen atoms in total. The molecule has 2 aromatic carbocycles. The van der Waals surface area contributed by atoms with Crippen LogP contribution in [-0.4, -0.2) is 40.7 Å². The number of ether oxygens (including phenoxy) is 1. The van der Waals surface area contributed by atoms with Crippen LogP contribution in [0.4, 0.5) is 19.4 Å². The molecule has 1 atom stereocenters. The van der Waals surface area contributed by atoms with Gasteiger partial charge in [-0.3, -0.25) is 9.36 Å². The summed E-state index contributed by atoms with van der Waals surface area (Å²) in [7, 11) is -9.93. The Labute approximate surface area is 193 Å². The number of benzene rings is 2. The number of hydrogen-bond acceptors (Lipinski definition) is 4. The molecule has 1 unspecified atom stereocenters. The van der Waals surface area contributed by atoms with E-state index in [-0.39, 0.29) is 23.5 Å². The van der Waals surface area contributed by atoms with Gasteiger partial charge in [0.25, 0.3) is 5.56 Å². The first-order valence-corrected chi connectivity index (χ1v) is 12.9. The van der Waals surface area contributed by atoms with Crippen LogP contribution < -0.4 is 10.3 Å². The Morgan fingerprint density at radius 2 is 1.79 bits per heavy atom. The summed E-state index contributed by atoms with van der Waals surface area (Å²) in [5.74, 6) is 1.52. The van der Waals surface area contributed by atoms with Crippen molar-refractivity contribution in [2.45, 2.75) is 31.6 Å². The summed E-state index contributed by atoms with van der Waals surface area (Å²) in [6, 6.07) is 7.68. The van der Waals surface area contributed by atoms with Crippen LogP contribution in [0, 0.1) is 12.8 Å². The second-order valence-corrected chi connectivity index (χ2v) is 11.2. The van der Waals surface area contributed by atoms with Crippen LogP contribution in [0.15, 0.2) is 52.2 Å². The number of fused-ring (bicyclic) bond motifs is 1. The van der Waals surface area contributed by atoms with Gasteiger partial charge in [-0.1, -0.05) is 26.4 Å². The summed E-state index contributed by atoms with van der Waals surface area (Å²) in [6.07, 6.45) is 2.09. The summed E-state index contributed by atoms with van der Waals surface area (Å²) < 4.78 is 73.1. The van der Waals surface area contributed by atoms with Gasteiger partial charge in [-0.2, -0.15) is 0 Å². The van der Waals surface area contributed by atoms with Crippen molar-refractivity contribution in [2.75, 3.05) is 26.2 Å². The van der Waals surface area contributed by atoms with Crippen molar-refractivity contribution in [2.24, 2.45) is 5.92 Å². The molecule has 3 aromatic rings. The SMILES string of the molecule is Cc1nc2ccc(S(F)(F)(F)(F)F)cc2c(=O)n1-c1ccc(OCCCN2CCC(C)C2)cc1. The van der Waals surface area contributed by atoms with Gasteiger partial charge >= 0.3 is 10.2 Å². The maximum atomic E-state index is 13.2. The third-order valence-corrected chi connectivity index (χ3v) is 7.09. The molecule has 0 amide bonds. The van der Waals surface area contributed by atoms with Crippen molar-refractivity contribution in [3.8, 4) is 11.4 Å². The second kappa shape index (κ2) is 7.94. The molecule has 4 rings (SSSR count). The summed E-state index contributed by atoms with van der Waals surface area (Å²) in [5, 5.41) is -0.534. The fraction of sp³-hybridized carbons (Fsp3) is 0.391. The highest BCUT2D eigenvalue weighted by molar-refractivity contribution is 8.45. The first-order valence-electron chi connectivity index (χ1n) is 10.9. The van der Waals surface area contributed by atoms with Crippen LogP contribution in [0.3, 0.4) is 0 Å². The predicted octanol–water partition coefficient (Wildman–Crippen LogP) is 6.46. The van der Waals surface area contributed by atoms with Gasteiger partial charge in [-0.05, 0) is 74.7 Å².